The van der Waals surface area contributed by atoms with Crippen LogP contribution >= 0.6 is 0 Å². The van der Waals surface area contributed by atoms with Gasteiger partial charge in [-0.1, -0.05) is 57.4 Å². The van der Waals surface area contributed by atoms with E-state index in [2.05, 4.69) is 6.58 Å². The Balaban J connectivity index is 3.05. The molecule has 108 valence electrons. The molecule has 0 saturated heterocycles. The van der Waals surface area contributed by atoms with Crippen molar-refractivity contribution in [2.75, 3.05) is 5.75 Å². The van der Waals surface area contributed by atoms with Gasteiger partial charge in [0, 0.05) is 0 Å². The third-order valence-corrected chi connectivity index (χ3v) is 3.87. The van der Waals surface area contributed by atoms with Crippen LogP contribution in [0.2, 0.25) is 0 Å². The van der Waals surface area contributed by atoms with Crippen molar-refractivity contribution in [1.82, 2.24) is 0 Å². The van der Waals surface area contributed by atoms with Crippen LogP contribution in [0.25, 0.3) is 0 Å². The zero-order valence-electron chi connectivity index (χ0n) is 11.4. The van der Waals surface area contributed by atoms with Crippen LogP contribution in [0.5, 0.6) is 0 Å². The minimum absolute atomic E-state index is 0.0870. The quantitative estimate of drug-likeness (QED) is 0.309. The number of hydrogen-bond acceptors (Lipinski definition) is 2. The molecule has 0 heterocycles. The van der Waals surface area contributed by atoms with Crippen LogP contribution in [-0.4, -0.2) is 18.7 Å². The van der Waals surface area contributed by atoms with Gasteiger partial charge in [0.25, 0.3) is 10.1 Å². The highest BCUT2D eigenvalue weighted by Gasteiger charge is 2.02. The predicted molar refractivity (Wildman–Crippen MR) is 77.4 cm³/mol. The summed E-state index contributed by atoms with van der Waals surface area (Å²) < 4.78 is 29.5. The lowest BCUT2D eigenvalue weighted by Crippen LogP contribution is -2.03. The largest absolute Gasteiger partial charge is 0.286 e. The van der Waals surface area contributed by atoms with E-state index >= 15 is 0 Å². The first-order valence-corrected chi connectivity index (χ1v) is 8.73. The fraction of sp³-hybridized carbons (Fsp3) is 0.857. The van der Waals surface area contributed by atoms with Crippen molar-refractivity contribution in [3.8, 4) is 0 Å². The zero-order valence-corrected chi connectivity index (χ0v) is 12.3. The average Bonchev–Trinajstić information content (AvgIpc) is 2.29. The highest BCUT2D eigenvalue weighted by atomic mass is 32.2. The van der Waals surface area contributed by atoms with Crippen LogP contribution in [0.4, 0.5) is 0 Å². The molecule has 0 aromatic heterocycles. The Morgan fingerprint density at radius 1 is 0.778 bits per heavy atom. The molecule has 0 aliphatic carbocycles. The summed E-state index contributed by atoms with van der Waals surface area (Å²) in [5.41, 5.74) is 0. The highest BCUT2D eigenvalue weighted by Crippen LogP contribution is 2.11. The third kappa shape index (κ3) is 15.6. The SMILES string of the molecule is C=CCCCCCCCCCCCCS(=O)(=O)O. The smallest absolute Gasteiger partial charge is 0.264 e. The van der Waals surface area contributed by atoms with Gasteiger partial charge in [-0.3, -0.25) is 4.55 Å². The highest BCUT2D eigenvalue weighted by molar-refractivity contribution is 7.85. The number of allylic oxidation sites excluding steroid dienone is 1. The van der Waals surface area contributed by atoms with Gasteiger partial charge in [0.15, 0.2) is 0 Å². The molecule has 18 heavy (non-hydrogen) atoms. The topological polar surface area (TPSA) is 54.4 Å². The van der Waals surface area contributed by atoms with E-state index in [1.807, 2.05) is 6.08 Å². The standard InChI is InChI=1S/C14H28O3S/c1-2-3-4-5-6-7-8-9-10-11-12-13-14-18(15,16)17/h2H,1,3-14H2,(H,15,16,17). The molecule has 0 spiro atoms. The van der Waals surface area contributed by atoms with Gasteiger partial charge >= 0.3 is 0 Å². The van der Waals surface area contributed by atoms with Gasteiger partial charge in [-0.2, -0.15) is 8.42 Å². The molecule has 0 saturated carbocycles. The third-order valence-electron chi connectivity index (χ3n) is 3.06. The lowest BCUT2D eigenvalue weighted by Gasteiger charge is -2.02. The molecular weight excluding hydrogens is 248 g/mol. The molecule has 0 aliphatic rings. The molecule has 0 aromatic rings. The van der Waals surface area contributed by atoms with E-state index < -0.39 is 10.1 Å². The summed E-state index contributed by atoms with van der Waals surface area (Å²) in [6, 6.07) is 0. The molecule has 1 N–H and O–H groups in total. The molecule has 0 aromatic carbocycles. The van der Waals surface area contributed by atoms with Crippen molar-refractivity contribution in [2.24, 2.45) is 0 Å². The molecule has 0 atom stereocenters. The Hall–Kier alpha value is -0.350. The maximum absolute atomic E-state index is 10.5. The Morgan fingerprint density at radius 3 is 1.56 bits per heavy atom. The molecule has 0 fully saturated rings. The van der Waals surface area contributed by atoms with E-state index in [9.17, 15) is 8.42 Å². The molecule has 0 bridgehead atoms. The molecule has 0 amide bonds. The van der Waals surface area contributed by atoms with Gasteiger partial charge in [-0.05, 0) is 19.3 Å². The van der Waals surface area contributed by atoms with Gasteiger partial charge in [-0.15, -0.1) is 6.58 Å². The van der Waals surface area contributed by atoms with E-state index in [-0.39, 0.29) is 5.75 Å². The van der Waals surface area contributed by atoms with E-state index in [0.29, 0.717) is 6.42 Å². The van der Waals surface area contributed by atoms with Gasteiger partial charge in [0.2, 0.25) is 0 Å². The Morgan fingerprint density at radius 2 is 1.17 bits per heavy atom. The summed E-state index contributed by atoms with van der Waals surface area (Å²) >= 11 is 0. The van der Waals surface area contributed by atoms with Crippen LogP contribution in [0, 0.1) is 0 Å². The summed E-state index contributed by atoms with van der Waals surface area (Å²) in [6.45, 7) is 3.71. The van der Waals surface area contributed by atoms with E-state index in [0.717, 1.165) is 19.3 Å². The molecule has 0 unspecified atom stereocenters. The van der Waals surface area contributed by atoms with Crippen LogP contribution in [0.3, 0.4) is 0 Å². The second kappa shape index (κ2) is 11.7. The molecule has 0 aliphatic heterocycles. The Bertz CT molecular complexity index is 283. The van der Waals surface area contributed by atoms with Gasteiger partial charge in [-0.25, -0.2) is 0 Å². The second-order valence-electron chi connectivity index (χ2n) is 4.90. The van der Waals surface area contributed by atoms with E-state index in [4.69, 9.17) is 4.55 Å². The van der Waals surface area contributed by atoms with E-state index in [1.54, 1.807) is 0 Å². The van der Waals surface area contributed by atoms with Crippen LogP contribution < -0.4 is 0 Å². The van der Waals surface area contributed by atoms with Crippen LogP contribution in [0.1, 0.15) is 70.6 Å². The van der Waals surface area contributed by atoms with Crippen molar-refractivity contribution in [3.05, 3.63) is 12.7 Å². The fourth-order valence-corrected chi connectivity index (χ4v) is 2.56. The molecular formula is C14H28O3S. The first-order valence-electron chi connectivity index (χ1n) is 7.12. The first kappa shape index (κ1) is 17.6. The predicted octanol–water partition coefficient (Wildman–Crippen LogP) is 4.35. The summed E-state index contributed by atoms with van der Waals surface area (Å²) in [5, 5.41) is 0. The van der Waals surface area contributed by atoms with Crippen molar-refractivity contribution in [2.45, 2.75) is 70.6 Å². The summed E-state index contributed by atoms with van der Waals surface area (Å²) in [6.07, 6.45) is 14.6. The van der Waals surface area contributed by atoms with Crippen LogP contribution in [0.15, 0.2) is 12.7 Å². The lowest BCUT2D eigenvalue weighted by atomic mass is 10.1. The van der Waals surface area contributed by atoms with Crippen molar-refractivity contribution in [1.29, 1.82) is 0 Å². The monoisotopic (exact) mass is 276 g/mol. The lowest BCUT2D eigenvalue weighted by molar-refractivity contribution is 0.478. The molecule has 3 nitrogen and oxygen atoms in total. The summed E-state index contributed by atoms with van der Waals surface area (Å²) in [5.74, 6) is -0.0870. The second-order valence-corrected chi connectivity index (χ2v) is 6.47. The zero-order chi connectivity index (χ0) is 13.7. The molecule has 0 radical (unpaired) electrons. The van der Waals surface area contributed by atoms with Crippen LogP contribution in [-0.2, 0) is 10.1 Å². The van der Waals surface area contributed by atoms with Crippen molar-refractivity contribution >= 4 is 10.1 Å². The minimum Gasteiger partial charge on any atom is -0.286 e. The number of hydrogen-bond donors (Lipinski definition) is 1. The van der Waals surface area contributed by atoms with Gasteiger partial charge in [0.05, 0.1) is 5.75 Å². The Kier molecular flexibility index (Phi) is 11.5. The minimum atomic E-state index is -3.74. The average molecular weight is 276 g/mol. The fourth-order valence-electron chi connectivity index (χ4n) is 1.99. The van der Waals surface area contributed by atoms with Gasteiger partial charge in [0.1, 0.15) is 0 Å². The Labute approximate surface area is 112 Å². The maximum atomic E-state index is 10.5. The van der Waals surface area contributed by atoms with Crippen molar-refractivity contribution in [3.63, 3.8) is 0 Å². The maximum Gasteiger partial charge on any atom is 0.264 e. The van der Waals surface area contributed by atoms with E-state index in [1.165, 1.54) is 44.9 Å². The summed E-state index contributed by atoms with van der Waals surface area (Å²) in [4.78, 5) is 0. The number of unbranched alkanes of at least 4 members (excludes halogenated alkanes) is 10. The van der Waals surface area contributed by atoms with Gasteiger partial charge < -0.3 is 0 Å². The normalized spacial score (nSPS) is 11.6. The van der Waals surface area contributed by atoms with Crippen molar-refractivity contribution < 1.29 is 13.0 Å². The molecule has 4 heteroatoms. The summed E-state index contributed by atoms with van der Waals surface area (Å²) in [7, 11) is -3.74. The first-order chi connectivity index (χ1) is 8.56. The molecule has 0 rings (SSSR count). The number of rotatable bonds is 13.